The Morgan fingerprint density at radius 2 is 2.30 bits per heavy atom. The molecule has 3 rings (SSSR count). The summed E-state index contributed by atoms with van der Waals surface area (Å²) in [6.07, 6.45) is 5.00. The van der Waals surface area contributed by atoms with Crippen LogP contribution in [0.5, 0.6) is 0 Å². The number of carbonyl (C=O) groups excluding carboxylic acids is 1. The van der Waals surface area contributed by atoms with E-state index in [0.717, 1.165) is 31.3 Å². The number of aromatic nitrogens is 1. The Morgan fingerprint density at radius 3 is 3.09 bits per heavy atom. The molecule has 124 valence electrons. The van der Waals surface area contributed by atoms with Crippen LogP contribution in [-0.2, 0) is 11.2 Å². The molecule has 0 aliphatic carbocycles. The van der Waals surface area contributed by atoms with E-state index in [9.17, 15) is 9.90 Å². The van der Waals surface area contributed by atoms with Gasteiger partial charge in [0.05, 0.1) is 6.10 Å². The first-order chi connectivity index (χ1) is 11.0. The number of fused-ring (bicyclic) bond motifs is 1. The fourth-order valence-corrected chi connectivity index (χ4v) is 3.53. The van der Waals surface area contributed by atoms with Gasteiger partial charge in [0, 0.05) is 42.5 Å². The van der Waals surface area contributed by atoms with E-state index >= 15 is 0 Å². The van der Waals surface area contributed by atoms with Crippen LogP contribution in [0.15, 0.2) is 24.4 Å². The molecule has 2 heterocycles. The van der Waals surface area contributed by atoms with E-state index in [0.29, 0.717) is 13.0 Å². The van der Waals surface area contributed by atoms with E-state index in [1.54, 1.807) is 0 Å². The fraction of sp³-hybridized carbons (Fsp3) is 0.526. The van der Waals surface area contributed by atoms with Gasteiger partial charge < -0.3 is 15.0 Å². The van der Waals surface area contributed by atoms with Crippen molar-refractivity contribution in [3.63, 3.8) is 0 Å². The standard InChI is InChI=1S/C19H26N2O2/c1-13-5-7-18-17(10-13)15(11-20-18)6-8-19(23)21-9-3-4-16(12-21)14(2)22/h5,7,10-11,14,16,20,22H,3-4,6,8-9,12H2,1-2H3. The highest BCUT2D eigenvalue weighted by Gasteiger charge is 2.26. The zero-order chi connectivity index (χ0) is 16.4. The normalized spacial score (nSPS) is 20.0. The summed E-state index contributed by atoms with van der Waals surface area (Å²) in [4.78, 5) is 17.7. The van der Waals surface area contributed by atoms with Crippen molar-refractivity contribution in [1.82, 2.24) is 9.88 Å². The molecule has 1 fully saturated rings. The lowest BCUT2D eigenvalue weighted by Crippen LogP contribution is -2.43. The van der Waals surface area contributed by atoms with Gasteiger partial charge in [-0.2, -0.15) is 0 Å². The highest BCUT2D eigenvalue weighted by molar-refractivity contribution is 5.85. The topological polar surface area (TPSA) is 56.3 Å². The van der Waals surface area contributed by atoms with Gasteiger partial charge in [-0.05, 0) is 50.8 Å². The number of amides is 1. The lowest BCUT2D eigenvalue weighted by Gasteiger charge is -2.34. The molecule has 4 nitrogen and oxygen atoms in total. The third-order valence-corrected chi connectivity index (χ3v) is 5.02. The molecule has 0 spiro atoms. The Labute approximate surface area is 137 Å². The second-order valence-corrected chi connectivity index (χ2v) is 6.85. The van der Waals surface area contributed by atoms with E-state index in [1.165, 1.54) is 16.5 Å². The number of aliphatic hydroxyl groups excluding tert-OH is 1. The predicted molar refractivity (Wildman–Crippen MR) is 92.3 cm³/mol. The monoisotopic (exact) mass is 314 g/mol. The van der Waals surface area contributed by atoms with Crippen molar-refractivity contribution >= 4 is 16.8 Å². The van der Waals surface area contributed by atoms with E-state index in [2.05, 4.69) is 30.1 Å². The van der Waals surface area contributed by atoms with Gasteiger partial charge in [0.2, 0.25) is 5.91 Å². The third-order valence-electron chi connectivity index (χ3n) is 5.02. The van der Waals surface area contributed by atoms with Crippen LogP contribution in [0.25, 0.3) is 10.9 Å². The fourth-order valence-electron chi connectivity index (χ4n) is 3.53. The molecule has 2 atom stereocenters. The first kappa shape index (κ1) is 16.1. The van der Waals surface area contributed by atoms with Crippen LogP contribution in [0.2, 0.25) is 0 Å². The summed E-state index contributed by atoms with van der Waals surface area (Å²) < 4.78 is 0. The molecule has 2 aromatic rings. The third kappa shape index (κ3) is 3.58. The Hall–Kier alpha value is -1.81. The largest absolute Gasteiger partial charge is 0.393 e. The number of benzene rings is 1. The lowest BCUT2D eigenvalue weighted by atomic mass is 9.93. The molecule has 1 aromatic heterocycles. The molecule has 1 aliphatic heterocycles. The number of nitrogens with zero attached hydrogens (tertiary/aromatic N) is 1. The van der Waals surface area contributed by atoms with Gasteiger partial charge in [0.25, 0.3) is 0 Å². The zero-order valence-electron chi connectivity index (χ0n) is 14.0. The summed E-state index contributed by atoms with van der Waals surface area (Å²) in [6.45, 7) is 5.44. The maximum atomic E-state index is 12.5. The summed E-state index contributed by atoms with van der Waals surface area (Å²) in [5, 5.41) is 11.0. The molecule has 0 saturated carbocycles. The molecule has 0 radical (unpaired) electrons. The number of aryl methyl sites for hydroxylation is 2. The SMILES string of the molecule is Cc1ccc2[nH]cc(CCC(=O)N3CCCC(C(C)O)C3)c2c1. The van der Waals surface area contributed by atoms with Crippen LogP contribution < -0.4 is 0 Å². The highest BCUT2D eigenvalue weighted by Crippen LogP contribution is 2.23. The van der Waals surface area contributed by atoms with Crippen LogP contribution in [0, 0.1) is 12.8 Å². The molecule has 1 saturated heterocycles. The lowest BCUT2D eigenvalue weighted by molar-refractivity contribution is -0.133. The number of hydrogen-bond acceptors (Lipinski definition) is 2. The number of carbonyl (C=O) groups is 1. The van der Waals surface area contributed by atoms with Gasteiger partial charge in [0.1, 0.15) is 0 Å². The molecular formula is C19H26N2O2. The minimum atomic E-state index is -0.331. The number of rotatable bonds is 4. The van der Waals surface area contributed by atoms with Crippen LogP contribution >= 0.6 is 0 Å². The van der Waals surface area contributed by atoms with Gasteiger partial charge in [-0.1, -0.05) is 11.6 Å². The summed E-state index contributed by atoms with van der Waals surface area (Å²) in [5.74, 6) is 0.431. The van der Waals surface area contributed by atoms with Gasteiger partial charge >= 0.3 is 0 Å². The van der Waals surface area contributed by atoms with Crippen molar-refractivity contribution < 1.29 is 9.90 Å². The number of hydrogen-bond donors (Lipinski definition) is 2. The van der Waals surface area contributed by atoms with Crippen molar-refractivity contribution in [3.05, 3.63) is 35.5 Å². The van der Waals surface area contributed by atoms with Crippen LogP contribution in [0.3, 0.4) is 0 Å². The molecule has 1 aliphatic rings. The average Bonchev–Trinajstić information content (AvgIpc) is 2.95. The van der Waals surface area contributed by atoms with Gasteiger partial charge in [-0.15, -0.1) is 0 Å². The molecule has 1 aromatic carbocycles. The number of nitrogens with one attached hydrogen (secondary N) is 1. The van der Waals surface area contributed by atoms with Crippen molar-refractivity contribution in [3.8, 4) is 0 Å². The molecule has 1 amide bonds. The Kier molecular flexibility index (Phi) is 4.71. The molecule has 2 N–H and O–H groups in total. The van der Waals surface area contributed by atoms with Crippen molar-refractivity contribution in [1.29, 1.82) is 0 Å². The first-order valence-electron chi connectivity index (χ1n) is 8.57. The second-order valence-electron chi connectivity index (χ2n) is 6.85. The average molecular weight is 314 g/mol. The van der Waals surface area contributed by atoms with E-state index in [1.807, 2.05) is 18.0 Å². The smallest absolute Gasteiger partial charge is 0.222 e. The summed E-state index contributed by atoms with van der Waals surface area (Å²) in [5.41, 5.74) is 3.58. The molecule has 4 heteroatoms. The maximum absolute atomic E-state index is 12.5. The van der Waals surface area contributed by atoms with Crippen molar-refractivity contribution in [2.24, 2.45) is 5.92 Å². The molecular weight excluding hydrogens is 288 g/mol. The highest BCUT2D eigenvalue weighted by atomic mass is 16.3. The van der Waals surface area contributed by atoms with Gasteiger partial charge in [0.15, 0.2) is 0 Å². The summed E-state index contributed by atoms with van der Waals surface area (Å²) in [6, 6.07) is 6.36. The Morgan fingerprint density at radius 1 is 1.48 bits per heavy atom. The quantitative estimate of drug-likeness (QED) is 0.911. The second kappa shape index (κ2) is 6.75. The number of aromatic amines is 1. The van der Waals surface area contributed by atoms with E-state index < -0.39 is 0 Å². The van der Waals surface area contributed by atoms with E-state index in [-0.39, 0.29) is 17.9 Å². The van der Waals surface area contributed by atoms with Crippen LogP contribution in [0.4, 0.5) is 0 Å². The predicted octanol–water partition coefficient (Wildman–Crippen LogP) is 3.03. The number of likely N-dealkylation sites (tertiary alicyclic amines) is 1. The zero-order valence-corrected chi connectivity index (χ0v) is 14.0. The Balaban J connectivity index is 1.63. The van der Waals surface area contributed by atoms with Crippen LogP contribution in [0.1, 0.15) is 37.3 Å². The molecule has 23 heavy (non-hydrogen) atoms. The molecule has 2 unspecified atom stereocenters. The molecule has 0 bridgehead atoms. The van der Waals surface area contributed by atoms with Crippen LogP contribution in [-0.4, -0.2) is 40.1 Å². The first-order valence-corrected chi connectivity index (χ1v) is 8.57. The summed E-state index contributed by atoms with van der Waals surface area (Å²) >= 11 is 0. The van der Waals surface area contributed by atoms with Crippen molar-refractivity contribution in [2.45, 2.75) is 45.6 Å². The van der Waals surface area contributed by atoms with Gasteiger partial charge in [-0.3, -0.25) is 4.79 Å². The van der Waals surface area contributed by atoms with E-state index in [4.69, 9.17) is 0 Å². The van der Waals surface area contributed by atoms with Crippen molar-refractivity contribution in [2.75, 3.05) is 13.1 Å². The van der Waals surface area contributed by atoms with Gasteiger partial charge in [-0.25, -0.2) is 0 Å². The number of aliphatic hydroxyl groups is 1. The minimum absolute atomic E-state index is 0.206. The maximum Gasteiger partial charge on any atom is 0.222 e. The Bertz CT molecular complexity index is 690. The summed E-state index contributed by atoms with van der Waals surface area (Å²) in [7, 11) is 0. The number of H-pyrrole nitrogens is 1. The number of piperidine rings is 1. The minimum Gasteiger partial charge on any atom is -0.393 e.